The Balaban J connectivity index is 2.89. The molecule has 1 N–H and O–H groups in total. The molecule has 1 aliphatic rings. The second kappa shape index (κ2) is 4.48. The number of carbonyl (C=O) groups is 1. The highest BCUT2D eigenvalue weighted by Crippen LogP contribution is 2.27. The average molecular weight is 252 g/mol. The third kappa shape index (κ3) is 3.12. The largest absolute Gasteiger partial charge is 0.471 e. The van der Waals surface area contributed by atoms with Gasteiger partial charge in [0, 0.05) is 19.1 Å². The first kappa shape index (κ1) is 14.3. The highest BCUT2D eigenvalue weighted by molar-refractivity contribution is 5.82. The van der Waals surface area contributed by atoms with Crippen LogP contribution in [0.3, 0.4) is 0 Å². The Morgan fingerprint density at radius 3 is 2.35 bits per heavy atom. The van der Waals surface area contributed by atoms with Crippen molar-refractivity contribution in [3.63, 3.8) is 0 Å². The topological polar surface area (TPSA) is 32.3 Å². The van der Waals surface area contributed by atoms with Gasteiger partial charge in [0.05, 0.1) is 5.54 Å². The zero-order valence-corrected chi connectivity index (χ0v) is 10.6. The van der Waals surface area contributed by atoms with Crippen LogP contribution >= 0.6 is 0 Å². The van der Waals surface area contributed by atoms with Gasteiger partial charge >= 0.3 is 12.1 Å². The number of hydrogen-bond donors (Lipinski definition) is 1. The lowest BCUT2D eigenvalue weighted by Gasteiger charge is -2.47. The molecule has 0 radical (unpaired) electrons. The maximum atomic E-state index is 12.5. The molecule has 100 valence electrons. The third-order valence-corrected chi connectivity index (χ3v) is 3.20. The summed E-state index contributed by atoms with van der Waals surface area (Å²) in [5.74, 6) is -1.55. The summed E-state index contributed by atoms with van der Waals surface area (Å²) in [5, 5.41) is 3.18. The lowest BCUT2D eigenvalue weighted by atomic mass is 9.93. The highest BCUT2D eigenvalue weighted by Gasteiger charge is 2.49. The average Bonchev–Trinajstić information content (AvgIpc) is 2.14. The standard InChI is InChI=1S/C11H19F3N2O/c1-7(2)8-5-16(9(17)11(12,13)14)10(3,4)6-15-8/h7-8,15H,5-6H2,1-4H3. The molecule has 1 aliphatic heterocycles. The number of alkyl halides is 3. The Morgan fingerprint density at radius 1 is 1.41 bits per heavy atom. The van der Waals surface area contributed by atoms with E-state index in [1.54, 1.807) is 13.8 Å². The quantitative estimate of drug-likeness (QED) is 0.771. The van der Waals surface area contributed by atoms with E-state index in [4.69, 9.17) is 0 Å². The number of nitrogens with zero attached hydrogens (tertiary/aromatic N) is 1. The maximum Gasteiger partial charge on any atom is 0.471 e. The van der Waals surface area contributed by atoms with Crippen molar-refractivity contribution in [1.29, 1.82) is 0 Å². The summed E-state index contributed by atoms with van der Waals surface area (Å²) in [6.07, 6.45) is -4.80. The van der Waals surface area contributed by atoms with E-state index in [1.165, 1.54) is 0 Å². The second-order valence-corrected chi connectivity index (χ2v) is 5.46. The van der Waals surface area contributed by atoms with Gasteiger partial charge in [0.15, 0.2) is 0 Å². The van der Waals surface area contributed by atoms with Crippen LogP contribution in [0.25, 0.3) is 0 Å². The van der Waals surface area contributed by atoms with Gasteiger partial charge in [-0.05, 0) is 19.8 Å². The Kier molecular flexibility index (Phi) is 3.76. The van der Waals surface area contributed by atoms with Gasteiger partial charge in [-0.25, -0.2) is 0 Å². The molecular formula is C11H19F3N2O. The molecule has 0 aromatic heterocycles. The summed E-state index contributed by atoms with van der Waals surface area (Å²) in [5.41, 5.74) is -0.808. The molecule has 1 rings (SSSR count). The molecule has 0 saturated carbocycles. The van der Waals surface area contributed by atoms with E-state index in [2.05, 4.69) is 5.32 Å². The first-order chi connectivity index (χ1) is 7.55. The summed E-state index contributed by atoms with van der Waals surface area (Å²) in [6.45, 7) is 7.60. The Labute approximate surface area is 99.4 Å². The smallest absolute Gasteiger partial charge is 0.327 e. The van der Waals surface area contributed by atoms with Gasteiger partial charge < -0.3 is 10.2 Å². The molecule has 3 nitrogen and oxygen atoms in total. The summed E-state index contributed by atoms with van der Waals surface area (Å²) in [7, 11) is 0. The zero-order chi connectivity index (χ0) is 13.4. The molecular weight excluding hydrogens is 233 g/mol. The first-order valence-corrected chi connectivity index (χ1v) is 5.68. The number of nitrogens with one attached hydrogen (secondary N) is 1. The minimum absolute atomic E-state index is 0.0886. The van der Waals surface area contributed by atoms with E-state index in [0.29, 0.717) is 6.54 Å². The number of carbonyl (C=O) groups excluding carboxylic acids is 1. The van der Waals surface area contributed by atoms with Gasteiger partial charge in [0.2, 0.25) is 0 Å². The molecule has 1 atom stereocenters. The highest BCUT2D eigenvalue weighted by atomic mass is 19.4. The molecule has 1 saturated heterocycles. The summed E-state index contributed by atoms with van der Waals surface area (Å²) < 4.78 is 37.5. The van der Waals surface area contributed by atoms with Crippen LogP contribution in [0, 0.1) is 5.92 Å². The van der Waals surface area contributed by atoms with E-state index in [-0.39, 0.29) is 18.5 Å². The zero-order valence-electron chi connectivity index (χ0n) is 10.6. The van der Waals surface area contributed by atoms with Crippen molar-refractivity contribution in [3.8, 4) is 0 Å². The minimum Gasteiger partial charge on any atom is -0.327 e. The summed E-state index contributed by atoms with van der Waals surface area (Å²) >= 11 is 0. The minimum atomic E-state index is -4.80. The molecule has 1 heterocycles. The van der Waals surface area contributed by atoms with Crippen LogP contribution in [-0.2, 0) is 4.79 Å². The number of halogens is 3. The van der Waals surface area contributed by atoms with Crippen molar-refractivity contribution >= 4 is 5.91 Å². The van der Waals surface area contributed by atoms with E-state index in [9.17, 15) is 18.0 Å². The Hall–Kier alpha value is -0.780. The SMILES string of the molecule is CC(C)C1CN(C(=O)C(F)(F)F)C(C)(C)CN1. The number of piperazine rings is 1. The van der Waals surface area contributed by atoms with Crippen molar-refractivity contribution in [3.05, 3.63) is 0 Å². The van der Waals surface area contributed by atoms with Crippen LogP contribution in [0.1, 0.15) is 27.7 Å². The Morgan fingerprint density at radius 2 is 1.94 bits per heavy atom. The van der Waals surface area contributed by atoms with Gasteiger partial charge in [-0.3, -0.25) is 4.79 Å². The maximum absolute atomic E-state index is 12.5. The van der Waals surface area contributed by atoms with Gasteiger partial charge in [0.25, 0.3) is 0 Å². The van der Waals surface area contributed by atoms with Gasteiger partial charge in [-0.2, -0.15) is 13.2 Å². The fraction of sp³-hybridized carbons (Fsp3) is 0.909. The van der Waals surface area contributed by atoms with Crippen molar-refractivity contribution in [1.82, 2.24) is 10.2 Å². The van der Waals surface area contributed by atoms with Crippen LogP contribution in [0.15, 0.2) is 0 Å². The summed E-state index contributed by atoms with van der Waals surface area (Å²) in [6, 6.07) is -0.0886. The lowest BCUT2D eigenvalue weighted by molar-refractivity contribution is -0.193. The van der Waals surface area contributed by atoms with Crippen molar-refractivity contribution in [2.24, 2.45) is 5.92 Å². The molecule has 1 unspecified atom stereocenters. The first-order valence-electron chi connectivity index (χ1n) is 5.68. The van der Waals surface area contributed by atoms with E-state index >= 15 is 0 Å². The lowest BCUT2D eigenvalue weighted by Crippen LogP contribution is -2.66. The van der Waals surface area contributed by atoms with Gasteiger partial charge in [0.1, 0.15) is 0 Å². The Bertz CT molecular complexity index is 300. The van der Waals surface area contributed by atoms with Gasteiger partial charge in [-0.15, -0.1) is 0 Å². The molecule has 0 aromatic rings. The molecule has 0 bridgehead atoms. The predicted molar refractivity (Wildman–Crippen MR) is 58.5 cm³/mol. The monoisotopic (exact) mass is 252 g/mol. The van der Waals surface area contributed by atoms with Gasteiger partial charge in [-0.1, -0.05) is 13.8 Å². The van der Waals surface area contributed by atoms with Crippen LogP contribution in [-0.4, -0.2) is 41.7 Å². The van der Waals surface area contributed by atoms with Crippen molar-refractivity contribution in [2.75, 3.05) is 13.1 Å². The molecule has 1 amide bonds. The molecule has 0 spiro atoms. The van der Waals surface area contributed by atoms with Crippen LogP contribution in [0.5, 0.6) is 0 Å². The normalized spacial score (nSPS) is 25.2. The van der Waals surface area contributed by atoms with E-state index in [0.717, 1.165) is 4.90 Å². The fourth-order valence-corrected chi connectivity index (χ4v) is 1.94. The third-order valence-electron chi connectivity index (χ3n) is 3.20. The number of rotatable bonds is 1. The molecule has 0 aliphatic carbocycles. The molecule has 0 aromatic carbocycles. The van der Waals surface area contributed by atoms with E-state index in [1.807, 2.05) is 13.8 Å². The number of hydrogen-bond acceptors (Lipinski definition) is 2. The molecule has 6 heteroatoms. The summed E-state index contributed by atoms with van der Waals surface area (Å²) in [4.78, 5) is 12.3. The second-order valence-electron chi connectivity index (χ2n) is 5.46. The van der Waals surface area contributed by atoms with Crippen molar-refractivity contribution < 1.29 is 18.0 Å². The predicted octanol–water partition coefficient (Wildman–Crippen LogP) is 1.78. The van der Waals surface area contributed by atoms with E-state index < -0.39 is 17.6 Å². The molecule has 1 fully saturated rings. The fourth-order valence-electron chi connectivity index (χ4n) is 1.94. The van der Waals surface area contributed by atoms with Crippen LogP contribution < -0.4 is 5.32 Å². The van der Waals surface area contributed by atoms with Crippen LogP contribution in [0.2, 0.25) is 0 Å². The number of amides is 1. The van der Waals surface area contributed by atoms with Crippen molar-refractivity contribution in [2.45, 2.75) is 45.5 Å². The van der Waals surface area contributed by atoms with Crippen LogP contribution in [0.4, 0.5) is 13.2 Å². The molecule has 17 heavy (non-hydrogen) atoms.